The predicted octanol–water partition coefficient (Wildman–Crippen LogP) is 4.19. The van der Waals surface area contributed by atoms with E-state index in [1.54, 1.807) is 24.3 Å². The molecule has 1 atom stereocenters. The Morgan fingerprint density at radius 3 is 2.41 bits per heavy atom. The number of amides is 2. The van der Waals surface area contributed by atoms with Gasteiger partial charge in [-0.1, -0.05) is 17.9 Å². The summed E-state index contributed by atoms with van der Waals surface area (Å²) in [6, 6.07) is 9.88. The van der Waals surface area contributed by atoms with E-state index in [2.05, 4.69) is 17.2 Å². The van der Waals surface area contributed by atoms with Crippen molar-refractivity contribution in [2.75, 3.05) is 11.9 Å². The highest BCUT2D eigenvalue weighted by Gasteiger charge is 2.34. The van der Waals surface area contributed by atoms with E-state index in [-0.39, 0.29) is 5.56 Å². The van der Waals surface area contributed by atoms with Gasteiger partial charge in [-0.2, -0.15) is 13.2 Å². The Balaban J connectivity index is 1.67. The molecule has 0 radical (unpaired) electrons. The first kappa shape index (κ1) is 20.3. The quantitative estimate of drug-likeness (QED) is 0.741. The van der Waals surface area contributed by atoms with Crippen LogP contribution < -0.4 is 5.32 Å². The van der Waals surface area contributed by atoms with E-state index < -0.39 is 29.8 Å². The van der Waals surface area contributed by atoms with Gasteiger partial charge in [0.15, 0.2) is 0 Å². The average Bonchev–Trinajstić information content (AvgIpc) is 3.17. The summed E-state index contributed by atoms with van der Waals surface area (Å²) in [5.41, 5.74) is 0.510. The fourth-order valence-electron chi connectivity index (χ4n) is 3.02. The summed E-state index contributed by atoms with van der Waals surface area (Å²) in [7, 11) is 0. The number of carbonyl (C=O) groups excluding carboxylic acids is 1. The van der Waals surface area contributed by atoms with E-state index in [0.29, 0.717) is 30.6 Å². The maximum atomic E-state index is 12.7. The molecule has 2 amide bonds. The molecule has 0 spiro atoms. The number of carboxylic acid groups (broad SMARTS) is 1. The fourth-order valence-corrected chi connectivity index (χ4v) is 3.02. The van der Waals surface area contributed by atoms with Crippen LogP contribution in [0.4, 0.5) is 23.7 Å². The zero-order valence-electron chi connectivity index (χ0n) is 15.2. The number of nitrogens with zero attached hydrogens (tertiary/aromatic N) is 1. The van der Waals surface area contributed by atoms with Crippen LogP contribution in [0, 0.1) is 11.8 Å². The molecular weight excluding hydrogens is 385 g/mol. The Hall–Kier alpha value is -3.47. The van der Waals surface area contributed by atoms with Gasteiger partial charge >= 0.3 is 18.2 Å². The molecule has 0 aliphatic carbocycles. The van der Waals surface area contributed by atoms with Crippen molar-refractivity contribution < 1.29 is 27.9 Å². The van der Waals surface area contributed by atoms with Crippen LogP contribution >= 0.6 is 0 Å². The molecule has 3 rings (SSSR count). The summed E-state index contributed by atoms with van der Waals surface area (Å²) < 4.78 is 38.2. The third kappa shape index (κ3) is 5.08. The maximum absolute atomic E-state index is 12.7. The average molecular weight is 402 g/mol. The Morgan fingerprint density at radius 2 is 1.76 bits per heavy atom. The largest absolute Gasteiger partial charge is 0.480 e. The van der Waals surface area contributed by atoms with Crippen LogP contribution in [0.1, 0.15) is 29.5 Å². The highest BCUT2D eigenvalue weighted by Crippen LogP contribution is 2.29. The Morgan fingerprint density at radius 1 is 1.07 bits per heavy atom. The highest BCUT2D eigenvalue weighted by molar-refractivity contribution is 5.92. The zero-order chi connectivity index (χ0) is 21.0. The molecule has 1 aliphatic heterocycles. The molecule has 150 valence electrons. The lowest BCUT2D eigenvalue weighted by Crippen LogP contribution is -2.42. The molecule has 0 bridgehead atoms. The Kier molecular flexibility index (Phi) is 5.78. The van der Waals surface area contributed by atoms with Crippen LogP contribution in [-0.2, 0) is 11.0 Å². The van der Waals surface area contributed by atoms with E-state index in [1.807, 2.05) is 0 Å². The lowest BCUT2D eigenvalue weighted by molar-refractivity contribution is -0.141. The van der Waals surface area contributed by atoms with Gasteiger partial charge in [-0.3, -0.25) is 0 Å². The van der Waals surface area contributed by atoms with Gasteiger partial charge in [0.25, 0.3) is 0 Å². The number of hydrogen-bond donors (Lipinski definition) is 2. The van der Waals surface area contributed by atoms with Gasteiger partial charge in [0.1, 0.15) is 6.04 Å². The monoisotopic (exact) mass is 402 g/mol. The van der Waals surface area contributed by atoms with Crippen molar-refractivity contribution in [3.05, 3.63) is 65.2 Å². The second kappa shape index (κ2) is 8.27. The summed E-state index contributed by atoms with van der Waals surface area (Å²) in [4.78, 5) is 24.7. The summed E-state index contributed by atoms with van der Waals surface area (Å²) >= 11 is 0. The van der Waals surface area contributed by atoms with Crippen molar-refractivity contribution in [1.82, 2.24) is 4.90 Å². The van der Waals surface area contributed by atoms with Crippen LogP contribution in [-0.4, -0.2) is 34.6 Å². The number of nitrogens with one attached hydrogen (secondary N) is 1. The highest BCUT2D eigenvalue weighted by atomic mass is 19.4. The zero-order valence-corrected chi connectivity index (χ0v) is 15.2. The van der Waals surface area contributed by atoms with Crippen LogP contribution in [0.15, 0.2) is 48.5 Å². The number of anilines is 1. The van der Waals surface area contributed by atoms with Gasteiger partial charge in [-0.05, 0) is 55.3 Å². The van der Waals surface area contributed by atoms with Gasteiger partial charge in [-0.25, -0.2) is 9.59 Å². The van der Waals surface area contributed by atoms with E-state index in [0.717, 1.165) is 12.1 Å². The first-order chi connectivity index (χ1) is 13.7. The molecule has 8 heteroatoms. The minimum Gasteiger partial charge on any atom is -0.480 e. The van der Waals surface area contributed by atoms with Gasteiger partial charge < -0.3 is 15.3 Å². The topological polar surface area (TPSA) is 69.6 Å². The number of carboxylic acids is 1. The molecule has 5 nitrogen and oxygen atoms in total. The first-order valence-corrected chi connectivity index (χ1v) is 8.84. The maximum Gasteiger partial charge on any atom is 0.416 e. The van der Waals surface area contributed by atoms with Crippen molar-refractivity contribution in [3.8, 4) is 11.8 Å². The second-order valence-electron chi connectivity index (χ2n) is 6.53. The molecular formula is C21H17F3N2O3. The van der Waals surface area contributed by atoms with E-state index in [9.17, 15) is 22.8 Å². The Bertz CT molecular complexity index is 975. The summed E-state index contributed by atoms with van der Waals surface area (Å²) in [5, 5.41) is 11.8. The number of likely N-dealkylation sites (tertiary alicyclic amines) is 1. The minimum absolute atomic E-state index is 0.242. The number of aliphatic carboxylic acids is 1. The lowest BCUT2D eigenvalue weighted by atomic mass is 10.1. The summed E-state index contributed by atoms with van der Waals surface area (Å²) in [5.74, 6) is 4.44. The lowest BCUT2D eigenvalue weighted by Gasteiger charge is -2.21. The van der Waals surface area contributed by atoms with Crippen LogP contribution in [0.3, 0.4) is 0 Å². The third-order valence-corrected chi connectivity index (χ3v) is 4.48. The number of rotatable bonds is 2. The van der Waals surface area contributed by atoms with Crippen molar-refractivity contribution in [1.29, 1.82) is 0 Å². The van der Waals surface area contributed by atoms with E-state index in [4.69, 9.17) is 5.11 Å². The first-order valence-electron chi connectivity index (χ1n) is 8.84. The molecule has 1 fully saturated rings. The van der Waals surface area contributed by atoms with Crippen molar-refractivity contribution in [2.24, 2.45) is 0 Å². The Labute approximate surface area is 165 Å². The van der Waals surface area contributed by atoms with Crippen molar-refractivity contribution in [2.45, 2.75) is 25.1 Å². The SMILES string of the molecule is O=C(O)[C@@H]1CCCN1C(=O)Nc1ccc(C#Cc2cccc(C(F)(F)F)c2)cc1. The number of urea groups is 1. The molecule has 1 heterocycles. The van der Waals surface area contributed by atoms with Gasteiger partial charge in [-0.15, -0.1) is 0 Å². The molecule has 2 aromatic carbocycles. The normalized spacial score (nSPS) is 16.1. The van der Waals surface area contributed by atoms with Crippen LogP contribution in [0.5, 0.6) is 0 Å². The molecule has 1 saturated heterocycles. The smallest absolute Gasteiger partial charge is 0.416 e. The van der Waals surface area contributed by atoms with Gasteiger partial charge in [0.05, 0.1) is 5.56 Å². The number of halogens is 3. The molecule has 0 aromatic heterocycles. The predicted molar refractivity (Wildman–Crippen MR) is 100 cm³/mol. The van der Waals surface area contributed by atoms with Crippen molar-refractivity contribution >= 4 is 17.7 Å². The molecule has 0 saturated carbocycles. The van der Waals surface area contributed by atoms with Crippen LogP contribution in [0.25, 0.3) is 0 Å². The van der Waals surface area contributed by atoms with Gasteiger partial charge in [0, 0.05) is 23.4 Å². The van der Waals surface area contributed by atoms with Crippen LogP contribution in [0.2, 0.25) is 0 Å². The minimum atomic E-state index is -4.42. The second-order valence-corrected chi connectivity index (χ2v) is 6.53. The molecule has 1 aliphatic rings. The van der Waals surface area contributed by atoms with E-state index in [1.165, 1.54) is 17.0 Å². The molecule has 2 aromatic rings. The molecule has 0 unspecified atom stereocenters. The fraction of sp³-hybridized carbons (Fsp3) is 0.238. The standard InChI is InChI=1S/C21H17F3N2O3/c22-21(23,24)16-4-1-3-15(13-16)7-6-14-8-10-17(11-9-14)25-20(29)26-12-2-5-18(26)19(27)28/h1,3-4,8-11,13,18H,2,5,12H2,(H,25,29)(H,27,28)/t18-/m0/s1. The van der Waals surface area contributed by atoms with Crippen molar-refractivity contribution in [3.63, 3.8) is 0 Å². The number of benzene rings is 2. The number of hydrogen-bond acceptors (Lipinski definition) is 2. The third-order valence-electron chi connectivity index (χ3n) is 4.48. The molecule has 29 heavy (non-hydrogen) atoms. The number of carbonyl (C=O) groups is 2. The number of alkyl halides is 3. The summed E-state index contributed by atoms with van der Waals surface area (Å²) in [6.45, 7) is 0.378. The molecule has 2 N–H and O–H groups in total. The summed E-state index contributed by atoms with van der Waals surface area (Å²) in [6.07, 6.45) is -3.37. The van der Waals surface area contributed by atoms with E-state index >= 15 is 0 Å². The van der Waals surface area contributed by atoms with Gasteiger partial charge in [0.2, 0.25) is 0 Å².